The van der Waals surface area contributed by atoms with Crippen LogP contribution in [0, 0.1) is 5.92 Å². The molecule has 0 saturated carbocycles. The Hall–Kier alpha value is -2.72. The molecule has 45 heavy (non-hydrogen) atoms. The molecular formula is C35H47F2N5O2S. The van der Waals surface area contributed by atoms with Crippen molar-refractivity contribution < 1.29 is 13.0 Å². The Bertz CT molecular complexity index is 1540. The van der Waals surface area contributed by atoms with E-state index < -0.39 is 22.6 Å². The number of hydrogen-bond donors (Lipinski definition) is 1. The third-order valence-electron chi connectivity index (χ3n) is 10.3. The lowest BCUT2D eigenvalue weighted by Crippen LogP contribution is -2.40. The Morgan fingerprint density at radius 3 is 2.31 bits per heavy atom. The number of anilines is 1. The fourth-order valence-corrected chi connectivity index (χ4v) is 8.77. The summed E-state index contributed by atoms with van der Waals surface area (Å²) < 4.78 is 45.7. The molecule has 2 saturated heterocycles. The number of alkyl halides is 2. The van der Waals surface area contributed by atoms with Gasteiger partial charge in [-0.15, -0.1) is 0 Å². The molecule has 2 aromatic heterocycles. The normalized spacial score (nSPS) is 28.5. The summed E-state index contributed by atoms with van der Waals surface area (Å²) in [4.78, 5) is 25.5. The fourth-order valence-electron chi connectivity index (χ4n) is 7.47. The number of piperidine rings is 1. The minimum atomic E-state index is -2.90. The van der Waals surface area contributed by atoms with E-state index in [1.54, 1.807) is 18.2 Å². The Labute approximate surface area is 267 Å². The van der Waals surface area contributed by atoms with E-state index in [0.29, 0.717) is 42.4 Å². The SMILES string of the molecule is C[C@H]1Nc2ncnc3c2cc(C2CCS(=O)CC2)c(=O)n3CCCCCCCCCN2CCC(CC2)C(F)(F)c2cccc1c2. The average Bonchev–Trinajstić information content (AvgIpc) is 3.05. The van der Waals surface area contributed by atoms with E-state index >= 15 is 8.78 Å². The summed E-state index contributed by atoms with van der Waals surface area (Å²) in [5.41, 5.74) is 2.16. The molecule has 4 aliphatic heterocycles. The topological polar surface area (TPSA) is 80.1 Å². The van der Waals surface area contributed by atoms with Crippen LogP contribution in [0.4, 0.5) is 14.6 Å². The number of benzene rings is 1. The summed E-state index contributed by atoms with van der Waals surface area (Å²) >= 11 is 0. The zero-order valence-corrected chi connectivity index (χ0v) is 27.3. The van der Waals surface area contributed by atoms with E-state index in [4.69, 9.17) is 0 Å². The maximum Gasteiger partial charge on any atom is 0.276 e. The summed E-state index contributed by atoms with van der Waals surface area (Å²) in [6.07, 6.45) is 11.6. The molecule has 4 aliphatic rings. The molecule has 0 spiro atoms. The van der Waals surface area contributed by atoms with Crippen LogP contribution in [0.15, 0.2) is 41.5 Å². The quantitative estimate of drug-likeness (QED) is 0.305. The van der Waals surface area contributed by atoms with Crippen LogP contribution in [0.1, 0.15) is 106 Å². The van der Waals surface area contributed by atoms with Crippen LogP contribution < -0.4 is 10.9 Å². The number of pyridine rings is 1. The van der Waals surface area contributed by atoms with E-state index in [9.17, 15) is 9.00 Å². The van der Waals surface area contributed by atoms with Crippen LogP contribution in [-0.2, 0) is 23.3 Å². The van der Waals surface area contributed by atoms with Crippen LogP contribution in [0.25, 0.3) is 11.0 Å². The molecule has 0 aliphatic carbocycles. The molecule has 0 amide bonds. The number of hydrogen-bond acceptors (Lipinski definition) is 6. The number of rotatable bonds is 1. The number of halogens is 2. The zero-order valence-electron chi connectivity index (χ0n) is 26.5. The molecule has 1 N–H and O–H groups in total. The summed E-state index contributed by atoms with van der Waals surface area (Å²) in [6, 6.07) is 8.45. The molecule has 244 valence electrons. The van der Waals surface area contributed by atoms with Gasteiger partial charge in [-0.25, -0.2) is 18.7 Å². The number of nitrogens with one attached hydrogen (secondary N) is 1. The first-order valence-electron chi connectivity index (χ1n) is 17.0. The van der Waals surface area contributed by atoms with Crippen molar-refractivity contribution in [1.29, 1.82) is 0 Å². The minimum Gasteiger partial charge on any atom is -0.363 e. The standard InChI is InChI=1S/C35H47F2N5O2S/c1-25-27-10-9-11-29(22-27)35(36,37)28-12-18-41(19-13-28)16-7-5-3-2-4-6-8-17-42-33-31(32(40-25)38-24-39-33)23-30(34(42)43)26-14-20-45(44)21-15-26/h9-11,22-26,28H,2-8,12-21H2,1H3,(H,38,39,40)/t25-,26?,45?/m1/s1. The third-order valence-corrected chi connectivity index (χ3v) is 11.7. The van der Waals surface area contributed by atoms with Gasteiger partial charge in [0.05, 0.1) is 5.39 Å². The largest absolute Gasteiger partial charge is 0.363 e. The molecule has 6 heterocycles. The number of fused-ring (bicyclic) bond motifs is 11. The maximum atomic E-state index is 15.9. The number of aromatic nitrogens is 3. The van der Waals surface area contributed by atoms with Gasteiger partial charge >= 0.3 is 0 Å². The molecule has 10 heteroatoms. The lowest BCUT2D eigenvalue weighted by atomic mass is 9.85. The van der Waals surface area contributed by atoms with E-state index in [1.165, 1.54) is 12.7 Å². The third kappa shape index (κ3) is 7.32. The lowest BCUT2D eigenvalue weighted by molar-refractivity contribution is -0.0855. The van der Waals surface area contributed by atoms with Crippen molar-refractivity contribution in [3.05, 3.63) is 63.7 Å². The van der Waals surface area contributed by atoms with Crippen molar-refractivity contribution in [2.45, 2.75) is 102 Å². The van der Waals surface area contributed by atoms with Gasteiger partial charge in [-0.1, -0.05) is 50.3 Å². The van der Waals surface area contributed by atoms with Crippen LogP contribution in [-0.4, -0.2) is 54.8 Å². The fraction of sp³-hybridized carbons (Fsp3) is 0.629. The number of nitrogens with zero attached hydrogens (tertiary/aromatic N) is 4. The van der Waals surface area contributed by atoms with Crippen LogP contribution in [0.3, 0.4) is 0 Å². The first kappa shape index (κ1) is 32.2. The van der Waals surface area contributed by atoms with Gasteiger partial charge in [-0.3, -0.25) is 13.6 Å². The van der Waals surface area contributed by atoms with E-state index in [1.807, 2.05) is 23.6 Å². The van der Waals surface area contributed by atoms with Gasteiger partial charge in [0.15, 0.2) is 0 Å². The molecule has 2 fully saturated rings. The molecular weight excluding hydrogens is 592 g/mol. The molecule has 1 atom stereocenters. The minimum absolute atomic E-state index is 0.0111. The van der Waals surface area contributed by atoms with Gasteiger partial charge in [0.25, 0.3) is 11.5 Å². The second kappa shape index (κ2) is 14.4. The van der Waals surface area contributed by atoms with Crippen molar-refractivity contribution >= 4 is 27.7 Å². The van der Waals surface area contributed by atoms with E-state index in [2.05, 4.69) is 20.2 Å². The predicted molar refractivity (Wildman–Crippen MR) is 178 cm³/mol. The smallest absolute Gasteiger partial charge is 0.276 e. The highest BCUT2D eigenvalue weighted by Gasteiger charge is 2.42. The van der Waals surface area contributed by atoms with Crippen molar-refractivity contribution in [3.63, 3.8) is 0 Å². The second-order valence-corrected chi connectivity index (χ2v) is 15.0. The molecule has 3 aromatic rings. The first-order chi connectivity index (χ1) is 21.8. The van der Waals surface area contributed by atoms with Crippen molar-refractivity contribution in [3.8, 4) is 0 Å². The Balaban J connectivity index is 1.35. The van der Waals surface area contributed by atoms with Gasteiger partial charge in [-0.05, 0) is 88.7 Å². The first-order valence-corrected chi connectivity index (χ1v) is 18.5. The van der Waals surface area contributed by atoms with Gasteiger partial charge in [0, 0.05) is 51.9 Å². The predicted octanol–water partition coefficient (Wildman–Crippen LogP) is 7.14. The highest BCUT2D eigenvalue weighted by Crippen LogP contribution is 2.42. The second-order valence-electron chi connectivity index (χ2n) is 13.3. The molecule has 8 bridgehead atoms. The molecule has 0 radical (unpaired) electrons. The molecule has 7 rings (SSSR count). The Morgan fingerprint density at radius 2 is 1.58 bits per heavy atom. The maximum absolute atomic E-state index is 15.9. The van der Waals surface area contributed by atoms with Crippen molar-refractivity contribution in [2.24, 2.45) is 5.92 Å². The highest BCUT2D eigenvalue weighted by atomic mass is 32.2. The van der Waals surface area contributed by atoms with E-state index in [-0.39, 0.29) is 23.1 Å². The number of aryl methyl sites for hydroxylation is 1. The lowest BCUT2D eigenvalue weighted by Gasteiger charge is -2.36. The highest BCUT2D eigenvalue weighted by molar-refractivity contribution is 7.85. The molecule has 7 nitrogen and oxygen atoms in total. The monoisotopic (exact) mass is 639 g/mol. The Kier molecular flexibility index (Phi) is 10.3. The van der Waals surface area contributed by atoms with Gasteiger partial charge in [-0.2, -0.15) is 0 Å². The van der Waals surface area contributed by atoms with Crippen LogP contribution in [0.5, 0.6) is 0 Å². The van der Waals surface area contributed by atoms with Gasteiger partial charge < -0.3 is 10.2 Å². The zero-order chi connectivity index (χ0) is 31.4. The summed E-state index contributed by atoms with van der Waals surface area (Å²) in [5, 5.41) is 4.24. The molecule has 1 aromatic carbocycles. The average molecular weight is 640 g/mol. The summed E-state index contributed by atoms with van der Waals surface area (Å²) in [5.74, 6) is -1.71. The van der Waals surface area contributed by atoms with Crippen molar-refractivity contribution in [2.75, 3.05) is 36.5 Å². The van der Waals surface area contributed by atoms with Crippen molar-refractivity contribution in [1.82, 2.24) is 19.4 Å². The van der Waals surface area contributed by atoms with Gasteiger partial charge in [0.2, 0.25) is 0 Å². The molecule has 0 unspecified atom stereocenters. The summed E-state index contributed by atoms with van der Waals surface area (Å²) in [7, 11) is -0.827. The van der Waals surface area contributed by atoms with Gasteiger partial charge in [0.1, 0.15) is 17.8 Å². The Morgan fingerprint density at radius 1 is 0.889 bits per heavy atom. The van der Waals surface area contributed by atoms with Crippen LogP contribution >= 0.6 is 0 Å². The van der Waals surface area contributed by atoms with E-state index in [0.717, 1.165) is 87.5 Å². The summed E-state index contributed by atoms with van der Waals surface area (Å²) in [6.45, 7) is 5.00. The van der Waals surface area contributed by atoms with Crippen LogP contribution in [0.2, 0.25) is 0 Å².